The summed E-state index contributed by atoms with van der Waals surface area (Å²) in [4.78, 5) is 12.1. The second-order valence-corrected chi connectivity index (χ2v) is 5.31. The molecule has 0 bridgehead atoms. The summed E-state index contributed by atoms with van der Waals surface area (Å²) in [5, 5.41) is 24.9. The first-order chi connectivity index (χ1) is 11.0. The average Bonchev–Trinajstić information content (AvgIpc) is 2.51. The first-order valence-electron chi connectivity index (χ1n) is 6.42. The Morgan fingerprint density at radius 2 is 1.91 bits per heavy atom. The first-order valence-corrected chi connectivity index (χ1v) is 7.17. The predicted octanol–water partition coefficient (Wildman–Crippen LogP) is 4.16. The summed E-state index contributed by atoms with van der Waals surface area (Å²) in [7, 11) is 0. The van der Waals surface area contributed by atoms with Crippen molar-refractivity contribution in [3.05, 3.63) is 64.3 Å². The molecular formula is C16H11Cl2N3O2. The molecule has 3 N–H and O–H groups in total. The Labute approximate surface area is 142 Å². The molecule has 0 saturated carbocycles. The molecule has 0 fully saturated rings. The Balaban J connectivity index is 2.14. The van der Waals surface area contributed by atoms with Gasteiger partial charge in [-0.15, -0.1) is 0 Å². The van der Waals surface area contributed by atoms with E-state index < -0.39 is 5.91 Å². The van der Waals surface area contributed by atoms with Crippen LogP contribution in [0.1, 0.15) is 0 Å². The number of aromatic hydroxyl groups is 1. The Kier molecular flexibility index (Phi) is 5.47. The van der Waals surface area contributed by atoms with E-state index in [9.17, 15) is 9.90 Å². The fourth-order valence-electron chi connectivity index (χ4n) is 1.69. The molecular weight excluding hydrogens is 337 g/mol. The van der Waals surface area contributed by atoms with Crippen molar-refractivity contribution in [3.63, 3.8) is 0 Å². The molecule has 0 radical (unpaired) electrons. The molecule has 0 heterocycles. The third-order valence-electron chi connectivity index (χ3n) is 2.78. The topological polar surface area (TPSA) is 85.2 Å². The van der Waals surface area contributed by atoms with Gasteiger partial charge in [-0.05, 0) is 36.4 Å². The van der Waals surface area contributed by atoms with Crippen LogP contribution in [0.5, 0.6) is 5.75 Å². The van der Waals surface area contributed by atoms with Gasteiger partial charge in [0.25, 0.3) is 5.91 Å². The van der Waals surface area contributed by atoms with E-state index in [1.165, 1.54) is 24.4 Å². The van der Waals surface area contributed by atoms with Crippen molar-refractivity contribution >= 4 is 40.5 Å². The third-order valence-corrected chi connectivity index (χ3v) is 3.25. The molecule has 2 aromatic rings. The summed E-state index contributed by atoms with van der Waals surface area (Å²) in [6.45, 7) is 0. The predicted molar refractivity (Wildman–Crippen MR) is 90.5 cm³/mol. The Morgan fingerprint density at radius 1 is 1.17 bits per heavy atom. The summed E-state index contributed by atoms with van der Waals surface area (Å²) in [6, 6.07) is 12.7. The number of phenols is 1. The minimum atomic E-state index is -0.608. The molecule has 23 heavy (non-hydrogen) atoms. The van der Waals surface area contributed by atoms with Crippen LogP contribution in [0.25, 0.3) is 0 Å². The number of hydrogen-bond acceptors (Lipinski definition) is 4. The zero-order valence-corrected chi connectivity index (χ0v) is 13.2. The number of rotatable bonds is 4. The monoisotopic (exact) mass is 347 g/mol. The Hall–Kier alpha value is -2.68. The number of anilines is 2. The standard InChI is InChI=1S/C16H11Cl2N3O2/c17-11-2-1-3-13(6-11)21-16(23)10(8-19)9-20-14-7-12(18)4-5-15(14)22/h1-7,9,20,22H,(H,21,23)/b10-9-. The lowest BCUT2D eigenvalue weighted by molar-refractivity contribution is -0.112. The lowest BCUT2D eigenvalue weighted by Gasteiger charge is -2.07. The summed E-state index contributed by atoms with van der Waals surface area (Å²) in [6.07, 6.45) is 1.19. The van der Waals surface area contributed by atoms with Gasteiger partial charge in [0, 0.05) is 21.9 Å². The van der Waals surface area contributed by atoms with Crippen LogP contribution in [0.4, 0.5) is 11.4 Å². The fraction of sp³-hybridized carbons (Fsp3) is 0. The van der Waals surface area contributed by atoms with Gasteiger partial charge in [0.15, 0.2) is 0 Å². The van der Waals surface area contributed by atoms with Gasteiger partial charge in [0.2, 0.25) is 0 Å². The molecule has 0 unspecified atom stereocenters. The average molecular weight is 348 g/mol. The Bertz CT molecular complexity index is 813. The highest BCUT2D eigenvalue weighted by atomic mass is 35.5. The van der Waals surface area contributed by atoms with Crippen LogP contribution in [0, 0.1) is 11.3 Å². The number of benzene rings is 2. The van der Waals surface area contributed by atoms with Gasteiger partial charge in [-0.1, -0.05) is 29.3 Å². The van der Waals surface area contributed by atoms with E-state index in [0.717, 1.165) is 0 Å². The van der Waals surface area contributed by atoms with Crippen molar-refractivity contribution < 1.29 is 9.90 Å². The number of carbonyl (C=O) groups is 1. The van der Waals surface area contributed by atoms with Gasteiger partial charge in [-0.2, -0.15) is 5.26 Å². The van der Waals surface area contributed by atoms with Crippen LogP contribution in [-0.2, 0) is 4.79 Å². The molecule has 0 spiro atoms. The number of halogens is 2. The zero-order chi connectivity index (χ0) is 16.8. The minimum absolute atomic E-state index is 0.0572. The van der Waals surface area contributed by atoms with Crippen molar-refractivity contribution in [1.82, 2.24) is 0 Å². The van der Waals surface area contributed by atoms with Crippen molar-refractivity contribution in [2.45, 2.75) is 0 Å². The van der Waals surface area contributed by atoms with E-state index in [2.05, 4.69) is 10.6 Å². The van der Waals surface area contributed by atoms with E-state index >= 15 is 0 Å². The van der Waals surface area contributed by atoms with Gasteiger partial charge >= 0.3 is 0 Å². The number of nitrogens with one attached hydrogen (secondary N) is 2. The van der Waals surface area contributed by atoms with Crippen LogP contribution < -0.4 is 10.6 Å². The molecule has 2 rings (SSSR count). The maximum atomic E-state index is 12.1. The van der Waals surface area contributed by atoms with Gasteiger partial charge in [0.1, 0.15) is 17.4 Å². The van der Waals surface area contributed by atoms with Gasteiger partial charge < -0.3 is 15.7 Å². The highest BCUT2D eigenvalue weighted by Gasteiger charge is 2.10. The summed E-state index contributed by atoms with van der Waals surface area (Å²) < 4.78 is 0. The van der Waals surface area contributed by atoms with E-state index in [1.54, 1.807) is 30.3 Å². The molecule has 0 aliphatic heterocycles. The highest BCUT2D eigenvalue weighted by Crippen LogP contribution is 2.26. The number of phenolic OH excluding ortho intramolecular Hbond substituents is 1. The maximum absolute atomic E-state index is 12.1. The second kappa shape index (κ2) is 7.54. The van der Waals surface area contributed by atoms with Crippen LogP contribution in [0.2, 0.25) is 10.0 Å². The van der Waals surface area contributed by atoms with Crippen molar-refractivity contribution in [3.8, 4) is 11.8 Å². The molecule has 0 saturated heterocycles. The molecule has 7 heteroatoms. The maximum Gasteiger partial charge on any atom is 0.267 e. The number of hydrogen-bond donors (Lipinski definition) is 3. The van der Waals surface area contributed by atoms with Gasteiger partial charge in [-0.3, -0.25) is 4.79 Å². The smallest absolute Gasteiger partial charge is 0.267 e. The van der Waals surface area contributed by atoms with Crippen LogP contribution in [0.3, 0.4) is 0 Å². The Morgan fingerprint density at radius 3 is 2.61 bits per heavy atom. The summed E-state index contributed by atoms with van der Waals surface area (Å²) in [5.74, 6) is -0.665. The quantitative estimate of drug-likeness (QED) is 0.440. The summed E-state index contributed by atoms with van der Waals surface area (Å²) in [5.41, 5.74) is 0.569. The van der Waals surface area contributed by atoms with E-state index in [-0.39, 0.29) is 17.0 Å². The van der Waals surface area contributed by atoms with E-state index in [1.807, 2.05) is 0 Å². The number of nitrogens with zero attached hydrogens (tertiary/aromatic N) is 1. The van der Waals surface area contributed by atoms with E-state index in [0.29, 0.717) is 15.7 Å². The zero-order valence-electron chi connectivity index (χ0n) is 11.7. The van der Waals surface area contributed by atoms with Crippen LogP contribution >= 0.6 is 23.2 Å². The molecule has 5 nitrogen and oxygen atoms in total. The van der Waals surface area contributed by atoms with Crippen molar-refractivity contribution in [1.29, 1.82) is 5.26 Å². The molecule has 0 aliphatic carbocycles. The molecule has 1 amide bonds. The van der Waals surface area contributed by atoms with Gasteiger partial charge in [0.05, 0.1) is 5.69 Å². The number of nitriles is 1. The largest absolute Gasteiger partial charge is 0.506 e. The number of carbonyl (C=O) groups excluding carboxylic acids is 1. The molecule has 116 valence electrons. The molecule has 2 aromatic carbocycles. The normalized spacial score (nSPS) is 10.7. The lowest BCUT2D eigenvalue weighted by atomic mass is 10.2. The van der Waals surface area contributed by atoms with Crippen LogP contribution in [0.15, 0.2) is 54.2 Å². The SMILES string of the molecule is N#C/C(=C/Nc1cc(Cl)ccc1O)C(=O)Nc1cccc(Cl)c1. The van der Waals surface area contributed by atoms with E-state index in [4.69, 9.17) is 28.5 Å². The third kappa shape index (κ3) is 4.65. The second-order valence-electron chi connectivity index (χ2n) is 4.44. The highest BCUT2D eigenvalue weighted by molar-refractivity contribution is 6.31. The minimum Gasteiger partial charge on any atom is -0.506 e. The number of amides is 1. The molecule has 0 atom stereocenters. The molecule has 0 aliphatic rings. The van der Waals surface area contributed by atoms with Crippen molar-refractivity contribution in [2.75, 3.05) is 10.6 Å². The summed E-state index contributed by atoms with van der Waals surface area (Å²) >= 11 is 11.7. The van der Waals surface area contributed by atoms with Crippen molar-refractivity contribution in [2.24, 2.45) is 0 Å². The first kappa shape index (κ1) is 16.7. The van der Waals surface area contributed by atoms with Gasteiger partial charge in [-0.25, -0.2) is 0 Å². The fourth-order valence-corrected chi connectivity index (χ4v) is 2.05. The van der Waals surface area contributed by atoms with Crippen LogP contribution in [-0.4, -0.2) is 11.0 Å². The molecule has 0 aromatic heterocycles. The lowest BCUT2D eigenvalue weighted by Crippen LogP contribution is -2.14.